The van der Waals surface area contributed by atoms with E-state index in [9.17, 15) is 14.4 Å². The van der Waals surface area contributed by atoms with Crippen LogP contribution in [-0.4, -0.2) is 42.1 Å². The highest BCUT2D eigenvalue weighted by Crippen LogP contribution is 2.18. The summed E-state index contributed by atoms with van der Waals surface area (Å²) in [6.07, 6.45) is -1.42. The SMILES string of the molecule is CC(C)COC(=O)[C@H](Cc1cccc(OC(=O)OC(C)(C)C)c1)NC(=O)OC(C)(C)C. The van der Waals surface area contributed by atoms with E-state index in [0.717, 1.165) is 0 Å². The van der Waals surface area contributed by atoms with Crippen molar-refractivity contribution in [1.29, 1.82) is 0 Å². The summed E-state index contributed by atoms with van der Waals surface area (Å²) in [5, 5.41) is 2.57. The van der Waals surface area contributed by atoms with Crippen molar-refractivity contribution in [3.8, 4) is 5.75 Å². The molecule has 0 spiro atoms. The molecule has 1 atom stereocenters. The molecule has 0 aliphatic rings. The Hall–Kier alpha value is -2.77. The molecule has 1 aromatic rings. The Morgan fingerprint density at radius 1 is 0.968 bits per heavy atom. The molecule has 8 nitrogen and oxygen atoms in total. The molecule has 0 bridgehead atoms. The first-order chi connectivity index (χ1) is 14.1. The van der Waals surface area contributed by atoms with E-state index in [4.69, 9.17) is 18.9 Å². The number of ether oxygens (including phenoxy) is 4. The lowest BCUT2D eigenvalue weighted by molar-refractivity contribution is -0.147. The van der Waals surface area contributed by atoms with Gasteiger partial charge in [0.25, 0.3) is 0 Å². The van der Waals surface area contributed by atoms with E-state index in [1.54, 1.807) is 65.8 Å². The lowest BCUT2D eigenvalue weighted by Gasteiger charge is -2.23. The van der Waals surface area contributed by atoms with Gasteiger partial charge in [0.1, 0.15) is 23.0 Å². The molecule has 8 heteroatoms. The lowest BCUT2D eigenvalue weighted by Crippen LogP contribution is -2.45. The maximum absolute atomic E-state index is 12.6. The molecule has 0 unspecified atom stereocenters. The molecule has 1 aromatic carbocycles. The summed E-state index contributed by atoms with van der Waals surface area (Å²) in [7, 11) is 0. The summed E-state index contributed by atoms with van der Waals surface area (Å²) in [4.78, 5) is 36.7. The second-order valence-electron chi connectivity index (χ2n) is 9.64. The van der Waals surface area contributed by atoms with Crippen LogP contribution < -0.4 is 10.1 Å². The van der Waals surface area contributed by atoms with Crippen molar-refractivity contribution in [2.45, 2.75) is 79.1 Å². The van der Waals surface area contributed by atoms with E-state index >= 15 is 0 Å². The van der Waals surface area contributed by atoms with Crippen molar-refractivity contribution >= 4 is 18.2 Å². The van der Waals surface area contributed by atoms with Crippen molar-refractivity contribution in [2.24, 2.45) is 5.92 Å². The molecule has 0 fully saturated rings. The first-order valence-electron chi connectivity index (χ1n) is 10.3. The smallest absolute Gasteiger partial charge is 0.464 e. The number of amides is 1. The number of nitrogens with one attached hydrogen (secondary N) is 1. The first kappa shape index (κ1) is 26.3. The molecule has 0 saturated heterocycles. The van der Waals surface area contributed by atoms with E-state index < -0.39 is 35.5 Å². The van der Waals surface area contributed by atoms with Gasteiger partial charge in [-0.1, -0.05) is 26.0 Å². The fourth-order valence-corrected chi connectivity index (χ4v) is 2.33. The summed E-state index contributed by atoms with van der Waals surface area (Å²) in [6.45, 7) is 14.5. The second kappa shape index (κ2) is 11.0. The predicted molar refractivity (Wildman–Crippen MR) is 116 cm³/mol. The van der Waals surface area contributed by atoms with E-state index in [-0.39, 0.29) is 24.7 Å². The minimum absolute atomic E-state index is 0.127. The number of benzene rings is 1. The summed E-state index contributed by atoms with van der Waals surface area (Å²) >= 11 is 0. The number of alkyl carbamates (subject to hydrolysis) is 1. The monoisotopic (exact) mass is 437 g/mol. The van der Waals surface area contributed by atoms with Gasteiger partial charge in [-0.15, -0.1) is 0 Å². The van der Waals surface area contributed by atoms with Crippen LogP contribution in [0.3, 0.4) is 0 Å². The molecule has 0 radical (unpaired) electrons. The van der Waals surface area contributed by atoms with Crippen molar-refractivity contribution in [1.82, 2.24) is 5.32 Å². The normalized spacial score (nSPS) is 12.7. The zero-order valence-corrected chi connectivity index (χ0v) is 19.7. The van der Waals surface area contributed by atoms with E-state index in [1.807, 2.05) is 13.8 Å². The van der Waals surface area contributed by atoms with Gasteiger partial charge in [0.15, 0.2) is 0 Å². The Morgan fingerprint density at radius 3 is 2.13 bits per heavy atom. The van der Waals surface area contributed by atoms with Gasteiger partial charge in [-0.2, -0.15) is 0 Å². The number of hydrogen-bond donors (Lipinski definition) is 1. The van der Waals surface area contributed by atoms with Crippen LogP contribution in [0, 0.1) is 5.92 Å². The van der Waals surface area contributed by atoms with Crippen LogP contribution in [0.2, 0.25) is 0 Å². The molecule has 0 saturated carbocycles. The third-order valence-electron chi connectivity index (χ3n) is 3.46. The number of carbonyl (C=O) groups excluding carboxylic acids is 3. The first-order valence-corrected chi connectivity index (χ1v) is 10.3. The fourth-order valence-electron chi connectivity index (χ4n) is 2.33. The van der Waals surface area contributed by atoms with Crippen molar-refractivity contribution in [3.63, 3.8) is 0 Å². The molecule has 0 aromatic heterocycles. The third kappa shape index (κ3) is 11.9. The molecular weight excluding hydrogens is 402 g/mol. The van der Waals surface area contributed by atoms with Gasteiger partial charge in [0.05, 0.1) is 6.61 Å². The molecule has 1 amide bonds. The van der Waals surface area contributed by atoms with Gasteiger partial charge in [0, 0.05) is 6.42 Å². The van der Waals surface area contributed by atoms with E-state index in [2.05, 4.69) is 5.32 Å². The van der Waals surface area contributed by atoms with Crippen LogP contribution >= 0.6 is 0 Å². The predicted octanol–water partition coefficient (Wildman–Crippen LogP) is 4.64. The van der Waals surface area contributed by atoms with E-state index in [1.165, 1.54) is 0 Å². The van der Waals surface area contributed by atoms with Gasteiger partial charge in [-0.3, -0.25) is 0 Å². The van der Waals surface area contributed by atoms with Crippen LogP contribution in [0.1, 0.15) is 61.0 Å². The Bertz CT molecular complexity index is 760. The topological polar surface area (TPSA) is 100 Å². The number of esters is 1. The maximum atomic E-state index is 12.6. The summed E-state index contributed by atoms with van der Waals surface area (Å²) in [6, 6.07) is 5.66. The van der Waals surface area contributed by atoms with Crippen LogP contribution in [0.25, 0.3) is 0 Å². The number of carbonyl (C=O) groups is 3. The average molecular weight is 438 g/mol. The highest BCUT2D eigenvalue weighted by Gasteiger charge is 2.26. The van der Waals surface area contributed by atoms with Gasteiger partial charge < -0.3 is 24.3 Å². The van der Waals surface area contributed by atoms with Gasteiger partial charge >= 0.3 is 18.2 Å². The van der Waals surface area contributed by atoms with Crippen molar-refractivity contribution in [3.05, 3.63) is 29.8 Å². The standard InChI is InChI=1S/C23H35NO7/c1-15(2)14-28-19(25)18(24-20(26)30-22(3,4)5)13-16-10-9-11-17(12-16)29-21(27)31-23(6,7)8/h9-12,15,18H,13-14H2,1-8H3,(H,24,26)/t18-/m0/s1. The molecule has 174 valence electrons. The maximum Gasteiger partial charge on any atom is 0.514 e. The minimum atomic E-state index is -0.967. The van der Waals surface area contributed by atoms with Crippen LogP contribution in [-0.2, 0) is 25.4 Å². The fraction of sp³-hybridized carbons (Fsp3) is 0.609. The largest absolute Gasteiger partial charge is 0.514 e. The molecule has 0 aliphatic heterocycles. The molecular formula is C23H35NO7. The number of hydrogen-bond acceptors (Lipinski definition) is 7. The molecule has 0 heterocycles. The van der Waals surface area contributed by atoms with Crippen LogP contribution in [0.5, 0.6) is 5.75 Å². The highest BCUT2D eigenvalue weighted by molar-refractivity contribution is 5.81. The molecule has 31 heavy (non-hydrogen) atoms. The zero-order chi connectivity index (χ0) is 23.8. The number of rotatable bonds is 7. The Kier molecular flexibility index (Phi) is 9.34. The van der Waals surface area contributed by atoms with Gasteiger partial charge in [0.2, 0.25) is 0 Å². The molecule has 0 aliphatic carbocycles. The molecule has 1 N–H and O–H groups in total. The lowest BCUT2D eigenvalue weighted by atomic mass is 10.1. The van der Waals surface area contributed by atoms with Gasteiger partial charge in [-0.05, 0) is 65.2 Å². The quantitative estimate of drug-likeness (QED) is 0.377. The van der Waals surface area contributed by atoms with Crippen molar-refractivity contribution < 1.29 is 33.3 Å². The summed E-state index contributed by atoms with van der Waals surface area (Å²) < 4.78 is 20.9. The third-order valence-corrected chi connectivity index (χ3v) is 3.46. The summed E-state index contributed by atoms with van der Waals surface area (Å²) in [5.74, 6) is -0.159. The Labute approximate surface area is 184 Å². The Morgan fingerprint density at radius 2 is 1.58 bits per heavy atom. The minimum Gasteiger partial charge on any atom is -0.464 e. The van der Waals surface area contributed by atoms with Crippen LogP contribution in [0.15, 0.2) is 24.3 Å². The van der Waals surface area contributed by atoms with E-state index in [0.29, 0.717) is 5.56 Å². The zero-order valence-electron chi connectivity index (χ0n) is 19.7. The van der Waals surface area contributed by atoms with Crippen molar-refractivity contribution in [2.75, 3.05) is 6.61 Å². The Balaban J connectivity index is 2.93. The van der Waals surface area contributed by atoms with Crippen LogP contribution in [0.4, 0.5) is 9.59 Å². The van der Waals surface area contributed by atoms with Gasteiger partial charge in [-0.25, -0.2) is 14.4 Å². The highest BCUT2D eigenvalue weighted by atomic mass is 16.7. The second-order valence-corrected chi connectivity index (χ2v) is 9.64. The molecule has 1 rings (SSSR count). The average Bonchev–Trinajstić information content (AvgIpc) is 2.55. The summed E-state index contributed by atoms with van der Waals surface area (Å²) in [5.41, 5.74) is -0.738.